The third-order valence-corrected chi connectivity index (χ3v) is 5.94. The predicted octanol–water partition coefficient (Wildman–Crippen LogP) is 5.30. The number of aromatic nitrogens is 2. The van der Waals surface area contributed by atoms with Gasteiger partial charge < -0.3 is 15.2 Å². The van der Waals surface area contributed by atoms with Crippen molar-refractivity contribution in [1.29, 1.82) is 0 Å². The number of anilines is 1. The first-order valence-electron chi connectivity index (χ1n) is 10.4. The van der Waals surface area contributed by atoms with E-state index in [1.807, 2.05) is 47.5 Å². The zero-order chi connectivity index (χ0) is 20.5. The summed E-state index contributed by atoms with van der Waals surface area (Å²) in [6, 6.07) is 20.0. The molecule has 5 rings (SSSR count). The molecule has 0 fully saturated rings. The number of benzene rings is 2. The van der Waals surface area contributed by atoms with Crippen LogP contribution in [0, 0.1) is 0 Å². The lowest BCUT2D eigenvalue weighted by Gasteiger charge is -2.36. The van der Waals surface area contributed by atoms with Gasteiger partial charge in [0.25, 0.3) is 0 Å². The van der Waals surface area contributed by atoms with Crippen LogP contribution < -0.4 is 5.32 Å². The number of aromatic amines is 1. The van der Waals surface area contributed by atoms with Gasteiger partial charge in [0.2, 0.25) is 0 Å². The molecule has 0 bridgehead atoms. The second kappa shape index (κ2) is 7.67. The van der Waals surface area contributed by atoms with E-state index in [9.17, 15) is 4.79 Å². The fourth-order valence-electron chi connectivity index (χ4n) is 4.48. The van der Waals surface area contributed by atoms with Crippen molar-refractivity contribution in [3.63, 3.8) is 0 Å². The minimum atomic E-state index is -0.205. The minimum Gasteiger partial charge on any atom is -0.356 e. The Bertz CT molecular complexity index is 1200. The van der Waals surface area contributed by atoms with E-state index in [0.717, 1.165) is 40.9 Å². The average molecular weight is 396 g/mol. The highest BCUT2D eigenvalue weighted by atomic mass is 16.2. The molecule has 1 unspecified atom stereocenters. The van der Waals surface area contributed by atoms with Crippen LogP contribution in [0.4, 0.5) is 10.5 Å². The molecule has 1 aliphatic rings. The molecule has 4 aromatic rings. The number of nitrogens with one attached hydrogen (secondary N) is 2. The second-order valence-electron chi connectivity index (χ2n) is 7.64. The quantitative estimate of drug-likeness (QED) is 0.493. The van der Waals surface area contributed by atoms with Crippen LogP contribution >= 0.6 is 0 Å². The van der Waals surface area contributed by atoms with E-state index in [1.165, 1.54) is 10.9 Å². The maximum absolute atomic E-state index is 13.4. The Morgan fingerprint density at radius 3 is 2.80 bits per heavy atom. The number of nitrogens with zero attached hydrogens (tertiary/aromatic N) is 2. The third-order valence-electron chi connectivity index (χ3n) is 5.94. The van der Waals surface area contributed by atoms with Crippen LogP contribution in [0.15, 0.2) is 73.1 Å². The first kappa shape index (κ1) is 18.4. The summed E-state index contributed by atoms with van der Waals surface area (Å²) in [6.45, 7) is 2.75. The van der Waals surface area contributed by atoms with Crippen molar-refractivity contribution in [3.05, 3.63) is 95.4 Å². The van der Waals surface area contributed by atoms with E-state index in [2.05, 4.69) is 46.5 Å². The predicted molar refractivity (Wildman–Crippen MR) is 120 cm³/mol. The average Bonchev–Trinajstić information content (AvgIpc) is 3.18. The molecule has 0 saturated carbocycles. The van der Waals surface area contributed by atoms with E-state index in [-0.39, 0.29) is 12.1 Å². The van der Waals surface area contributed by atoms with E-state index in [4.69, 9.17) is 0 Å². The van der Waals surface area contributed by atoms with Crippen molar-refractivity contribution in [2.45, 2.75) is 25.8 Å². The Balaban J connectivity index is 1.57. The highest BCUT2D eigenvalue weighted by Crippen LogP contribution is 2.38. The van der Waals surface area contributed by atoms with Crippen molar-refractivity contribution >= 4 is 22.6 Å². The summed E-state index contributed by atoms with van der Waals surface area (Å²) in [7, 11) is 0. The van der Waals surface area contributed by atoms with Gasteiger partial charge in [-0.25, -0.2) is 4.79 Å². The Labute approximate surface area is 175 Å². The molecule has 2 aromatic carbocycles. The smallest absolute Gasteiger partial charge is 0.322 e. The topological polar surface area (TPSA) is 61.0 Å². The Kier molecular flexibility index (Phi) is 4.71. The van der Waals surface area contributed by atoms with Gasteiger partial charge in [-0.3, -0.25) is 4.98 Å². The number of urea groups is 1. The number of para-hydroxylation sites is 2. The minimum absolute atomic E-state index is 0.0888. The van der Waals surface area contributed by atoms with Gasteiger partial charge in [0.15, 0.2) is 0 Å². The SMILES string of the molecule is CCc1ccccc1NC(=O)N1CCc2c([nH]c3ccccc23)C1c1cccnc1. The molecular formula is C25H24N4O. The summed E-state index contributed by atoms with van der Waals surface area (Å²) in [6.07, 6.45) is 5.31. The van der Waals surface area contributed by atoms with Gasteiger partial charge in [-0.15, -0.1) is 0 Å². The lowest BCUT2D eigenvalue weighted by atomic mass is 9.93. The molecule has 150 valence electrons. The van der Waals surface area contributed by atoms with Crippen LogP contribution in [0.25, 0.3) is 10.9 Å². The number of H-pyrrole nitrogens is 1. The lowest BCUT2D eigenvalue weighted by molar-refractivity contribution is 0.193. The number of pyridine rings is 1. The number of amides is 2. The maximum Gasteiger partial charge on any atom is 0.322 e. The summed E-state index contributed by atoms with van der Waals surface area (Å²) in [4.78, 5) is 23.2. The van der Waals surface area contributed by atoms with Gasteiger partial charge in [0.05, 0.1) is 0 Å². The number of aryl methyl sites for hydroxylation is 1. The fraction of sp³-hybridized carbons (Fsp3) is 0.200. The number of carbonyl (C=O) groups excluding carboxylic acids is 1. The number of hydrogen-bond acceptors (Lipinski definition) is 2. The van der Waals surface area contributed by atoms with Crippen molar-refractivity contribution in [3.8, 4) is 0 Å². The van der Waals surface area contributed by atoms with Gasteiger partial charge in [-0.2, -0.15) is 0 Å². The van der Waals surface area contributed by atoms with Crippen LogP contribution in [-0.2, 0) is 12.8 Å². The summed E-state index contributed by atoms with van der Waals surface area (Å²) < 4.78 is 0. The highest BCUT2D eigenvalue weighted by molar-refractivity contribution is 5.92. The van der Waals surface area contributed by atoms with E-state index < -0.39 is 0 Å². The number of hydrogen-bond donors (Lipinski definition) is 2. The van der Waals surface area contributed by atoms with Crippen molar-refractivity contribution in [2.75, 3.05) is 11.9 Å². The molecule has 30 heavy (non-hydrogen) atoms. The summed E-state index contributed by atoms with van der Waals surface area (Å²) in [5.41, 5.74) is 6.48. The molecular weight excluding hydrogens is 372 g/mol. The van der Waals surface area contributed by atoms with Crippen LogP contribution in [0.5, 0.6) is 0 Å². The molecule has 1 atom stereocenters. The van der Waals surface area contributed by atoms with Gasteiger partial charge >= 0.3 is 6.03 Å². The van der Waals surface area contributed by atoms with Crippen molar-refractivity contribution in [1.82, 2.24) is 14.9 Å². The van der Waals surface area contributed by atoms with Gasteiger partial charge in [-0.1, -0.05) is 49.4 Å². The number of carbonyl (C=O) groups is 1. The molecule has 2 N–H and O–H groups in total. The zero-order valence-electron chi connectivity index (χ0n) is 16.9. The Morgan fingerprint density at radius 2 is 1.97 bits per heavy atom. The van der Waals surface area contributed by atoms with E-state index in [1.54, 1.807) is 6.20 Å². The highest BCUT2D eigenvalue weighted by Gasteiger charge is 2.34. The van der Waals surface area contributed by atoms with Gasteiger partial charge in [0.1, 0.15) is 6.04 Å². The Morgan fingerprint density at radius 1 is 1.13 bits per heavy atom. The van der Waals surface area contributed by atoms with Gasteiger partial charge in [-0.05, 0) is 47.7 Å². The van der Waals surface area contributed by atoms with Gasteiger partial charge in [0, 0.05) is 41.2 Å². The first-order chi connectivity index (χ1) is 14.8. The molecule has 0 radical (unpaired) electrons. The normalized spacial score (nSPS) is 15.8. The second-order valence-corrected chi connectivity index (χ2v) is 7.64. The molecule has 0 saturated heterocycles. The van der Waals surface area contributed by atoms with E-state index in [0.29, 0.717) is 6.54 Å². The fourth-order valence-corrected chi connectivity index (χ4v) is 4.48. The van der Waals surface area contributed by atoms with Crippen LogP contribution in [0.1, 0.15) is 35.3 Å². The summed E-state index contributed by atoms with van der Waals surface area (Å²) >= 11 is 0. The molecule has 2 aromatic heterocycles. The van der Waals surface area contributed by atoms with Crippen molar-refractivity contribution < 1.29 is 4.79 Å². The zero-order valence-corrected chi connectivity index (χ0v) is 16.9. The third kappa shape index (κ3) is 3.12. The molecule has 2 amide bonds. The molecule has 5 heteroatoms. The standard InChI is InChI=1S/C25H24N4O/c1-2-17-8-3-5-11-21(17)28-25(30)29-15-13-20-19-10-4-6-12-22(19)27-23(20)24(29)18-9-7-14-26-16-18/h3-12,14,16,24,27H,2,13,15H2,1H3,(H,28,30). The number of fused-ring (bicyclic) bond motifs is 3. The number of rotatable bonds is 3. The van der Waals surface area contributed by atoms with Crippen molar-refractivity contribution in [2.24, 2.45) is 0 Å². The van der Waals surface area contributed by atoms with E-state index >= 15 is 0 Å². The first-order valence-corrected chi connectivity index (χ1v) is 10.4. The van der Waals surface area contributed by atoms with Crippen LogP contribution in [0.2, 0.25) is 0 Å². The molecule has 1 aliphatic heterocycles. The molecule has 0 spiro atoms. The molecule has 3 heterocycles. The molecule has 0 aliphatic carbocycles. The summed E-state index contributed by atoms with van der Waals surface area (Å²) in [5.74, 6) is 0. The molecule has 5 nitrogen and oxygen atoms in total. The van der Waals surface area contributed by atoms with Crippen LogP contribution in [-0.4, -0.2) is 27.4 Å². The lowest BCUT2D eigenvalue weighted by Crippen LogP contribution is -2.43. The maximum atomic E-state index is 13.4. The largest absolute Gasteiger partial charge is 0.356 e. The Hall–Kier alpha value is -3.60. The monoisotopic (exact) mass is 396 g/mol. The van der Waals surface area contributed by atoms with Crippen LogP contribution in [0.3, 0.4) is 0 Å². The summed E-state index contributed by atoms with van der Waals surface area (Å²) in [5, 5.41) is 4.38.